The van der Waals surface area contributed by atoms with Gasteiger partial charge in [0.05, 0.1) is 12.7 Å². The third kappa shape index (κ3) is 4.76. The van der Waals surface area contributed by atoms with Gasteiger partial charge in [0.1, 0.15) is 0 Å². The van der Waals surface area contributed by atoms with Crippen LogP contribution < -0.4 is 5.32 Å². The van der Waals surface area contributed by atoms with E-state index in [1.807, 2.05) is 6.92 Å². The van der Waals surface area contributed by atoms with E-state index in [9.17, 15) is 9.90 Å². The monoisotopic (exact) mass is 269 g/mol. The molecule has 0 saturated carbocycles. The standard InChI is InChI=1S/C13H19NO5/c1-2-19-10(8-15)5-6-14-13(18)9-3-4-11(16)12(17)7-9/h3-4,7,10,15-17H,2,5-6,8H2,1H3,(H,14,18)/t10-/m0/s1. The van der Waals surface area contributed by atoms with Crippen molar-refractivity contribution in [2.75, 3.05) is 19.8 Å². The Morgan fingerprint density at radius 3 is 2.68 bits per heavy atom. The number of benzene rings is 1. The van der Waals surface area contributed by atoms with Gasteiger partial charge in [-0.1, -0.05) is 0 Å². The Morgan fingerprint density at radius 2 is 2.11 bits per heavy atom. The van der Waals surface area contributed by atoms with E-state index in [0.717, 1.165) is 0 Å². The van der Waals surface area contributed by atoms with Crippen molar-refractivity contribution in [1.29, 1.82) is 0 Å². The summed E-state index contributed by atoms with van der Waals surface area (Å²) in [6.45, 7) is 2.60. The van der Waals surface area contributed by atoms with Gasteiger partial charge in [0.15, 0.2) is 11.5 Å². The van der Waals surface area contributed by atoms with Gasteiger partial charge in [-0.3, -0.25) is 4.79 Å². The normalized spacial score (nSPS) is 12.1. The number of carbonyl (C=O) groups is 1. The number of aliphatic hydroxyl groups is 1. The summed E-state index contributed by atoms with van der Waals surface area (Å²) in [6, 6.07) is 3.86. The number of amides is 1. The van der Waals surface area contributed by atoms with Gasteiger partial charge in [0.2, 0.25) is 0 Å². The Morgan fingerprint density at radius 1 is 1.37 bits per heavy atom. The second kappa shape index (κ2) is 7.60. The number of hydrogen-bond acceptors (Lipinski definition) is 5. The molecule has 1 amide bonds. The van der Waals surface area contributed by atoms with Crippen LogP contribution in [0, 0.1) is 0 Å². The maximum Gasteiger partial charge on any atom is 0.251 e. The molecule has 0 radical (unpaired) electrons. The van der Waals surface area contributed by atoms with Gasteiger partial charge in [-0.15, -0.1) is 0 Å². The molecule has 4 N–H and O–H groups in total. The highest BCUT2D eigenvalue weighted by molar-refractivity contribution is 5.94. The van der Waals surface area contributed by atoms with Crippen LogP contribution >= 0.6 is 0 Å². The summed E-state index contributed by atoms with van der Waals surface area (Å²) in [5.41, 5.74) is 0.257. The Hall–Kier alpha value is -1.79. The van der Waals surface area contributed by atoms with Gasteiger partial charge in [0.25, 0.3) is 5.91 Å². The molecule has 0 aromatic heterocycles. The number of rotatable bonds is 7. The second-order valence-corrected chi connectivity index (χ2v) is 4.01. The Balaban J connectivity index is 2.44. The maximum absolute atomic E-state index is 11.7. The van der Waals surface area contributed by atoms with Crippen LogP contribution in [0.25, 0.3) is 0 Å². The molecule has 0 spiro atoms. The van der Waals surface area contributed by atoms with E-state index in [4.69, 9.17) is 14.9 Å². The molecule has 1 rings (SSSR count). The highest BCUT2D eigenvalue weighted by atomic mass is 16.5. The molecule has 0 unspecified atom stereocenters. The van der Waals surface area contributed by atoms with Gasteiger partial charge in [0, 0.05) is 18.7 Å². The summed E-state index contributed by atoms with van der Waals surface area (Å²) in [6.07, 6.45) is 0.207. The molecule has 0 saturated heterocycles. The van der Waals surface area contributed by atoms with E-state index in [2.05, 4.69) is 5.32 Å². The molecular formula is C13H19NO5. The number of aliphatic hydroxyl groups excluding tert-OH is 1. The molecule has 0 aliphatic heterocycles. The molecule has 1 aromatic rings. The predicted molar refractivity (Wildman–Crippen MR) is 69.2 cm³/mol. The average Bonchev–Trinajstić information content (AvgIpc) is 2.40. The first-order valence-corrected chi connectivity index (χ1v) is 6.11. The molecule has 19 heavy (non-hydrogen) atoms. The Labute approximate surface area is 111 Å². The highest BCUT2D eigenvalue weighted by Gasteiger charge is 2.10. The summed E-state index contributed by atoms with van der Waals surface area (Å²) >= 11 is 0. The van der Waals surface area contributed by atoms with Crippen molar-refractivity contribution in [2.24, 2.45) is 0 Å². The topological polar surface area (TPSA) is 99.0 Å². The lowest BCUT2D eigenvalue weighted by molar-refractivity contribution is 0.0154. The minimum Gasteiger partial charge on any atom is -0.504 e. The minimum absolute atomic E-state index is 0.0935. The van der Waals surface area contributed by atoms with E-state index in [-0.39, 0.29) is 35.7 Å². The zero-order chi connectivity index (χ0) is 14.3. The molecule has 6 nitrogen and oxygen atoms in total. The zero-order valence-corrected chi connectivity index (χ0v) is 10.8. The van der Waals surface area contributed by atoms with Crippen LogP contribution in [0.5, 0.6) is 11.5 Å². The average molecular weight is 269 g/mol. The fourth-order valence-corrected chi connectivity index (χ4v) is 1.58. The molecule has 0 bridgehead atoms. The second-order valence-electron chi connectivity index (χ2n) is 4.01. The van der Waals surface area contributed by atoms with Gasteiger partial charge < -0.3 is 25.4 Å². The maximum atomic E-state index is 11.7. The van der Waals surface area contributed by atoms with Crippen molar-refractivity contribution in [1.82, 2.24) is 5.32 Å². The van der Waals surface area contributed by atoms with Crippen LogP contribution in [-0.2, 0) is 4.74 Å². The number of nitrogens with one attached hydrogen (secondary N) is 1. The third-order valence-corrected chi connectivity index (χ3v) is 2.60. The number of phenols is 2. The lowest BCUT2D eigenvalue weighted by Gasteiger charge is -2.14. The van der Waals surface area contributed by atoms with Crippen LogP contribution in [0.3, 0.4) is 0 Å². The van der Waals surface area contributed by atoms with Crippen LogP contribution in [-0.4, -0.2) is 47.1 Å². The van der Waals surface area contributed by atoms with Crippen molar-refractivity contribution in [3.05, 3.63) is 23.8 Å². The van der Waals surface area contributed by atoms with Crippen LogP contribution in [0.4, 0.5) is 0 Å². The van der Waals surface area contributed by atoms with Gasteiger partial charge in [-0.25, -0.2) is 0 Å². The smallest absolute Gasteiger partial charge is 0.251 e. The fourth-order valence-electron chi connectivity index (χ4n) is 1.58. The van der Waals surface area contributed by atoms with E-state index >= 15 is 0 Å². The van der Waals surface area contributed by atoms with Gasteiger partial charge in [-0.2, -0.15) is 0 Å². The molecule has 1 aromatic carbocycles. The van der Waals surface area contributed by atoms with Crippen molar-refractivity contribution in [3.8, 4) is 11.5 Å². The van der Waals surface area contributed by atoms with Crippen molar-refractivity contribution < 1.29 is 24.9 Å². The third-order valence-electron chi connectivity index (χ3n) is 2.60. The first-order chi connectivity index (χ1) is 9.08. The summed E-state index contributed by atoms with van der Waals surface area (Å²) < 4.78 is 5.24. The predicted octanol–water partition coefficient (Wildman–Crippen LogP) is 0.615. The molecule has 6 heteroatoms. The van der Waals surface area contributed by atoms with E-state index < -0.39 is 0 Å². The molecular weight excluding hydrogens is 250 g/mol. The van der Waals surface area contributed by atoms with Crippen molar-refractivity contribution in [3.63, 3.8) is 0 Å². The Bertz CT molecular complexity index is 421. The number of aromatic hydroxyl groups is 2. The SMILES string of the molecule is CCO[C@H](CO)CCNC(=O)c1ccc(O)c(O)c1. The molecule has 1 atom stereocenters. The van der Waals surface area contributed by atoms with Gasteiger partial charge in [-0.05, 0) is 31.5 Å². The molecule has 0 heterocycles. The zero-order valence-electron chi connectivity index (χ0n) is 10.8. The first-order valence-electron chi connectivity index (χ1n) is 6.11. The number of ether oxygens (including phenoxy) is 1. The number of hydrogen-bond donors (Lipinski definition) is 4. The lowest BCUT2D eigenvalue weighted by Crippen LogP contribution is -2.29. The van der Waals surface area contributed by atoms with Crippen molar-refractivity contribution >= 4 is 5.91 Å². The molecule has 0 fully saturated rings. The first kappa shape index (κ1) is 15.3. The Kier molecular flexibility index (Phi) is 6.11. The van der Waals surface area contributed by atoms with Crippen LogP contribution in [0.15, 0.2) is 18.2 Å². The molecule has 0 aliphatic carbocycles. The highest BCUT2D eigenvalue weighted by Crippen LogP contribution is 2.24. The summed E-state index contributed by atoms with van der Waals surface area (Å²) in [7, 11) is 0. The summed E-state index contributed by atoms with van der Waals surface area (Å²) in [5.74, 6) is -0.966. The van der Waals surface area contributed by atoms with E-state index in [0.29, 0.717) is 19.6 Å². The van der Waals surface area contributed by atoms with Crippen LogP contribution in [0.1, 0.15) is 23.7 Å². The van der Waals surface area contributed by atoms with Gasteiger partial charge >= 0.3 is 0 Å². The largest absolute Gasteiger partial charge is 0.504 e. The number of phenolic OH excluding ortho intramolecular Hbond substituents is 2. The fraction of sp³-hybridized carbons (Fsp3) is 0.462. The van der Waals surface area contributed by atoms with Crippen molar-refractivity contribution in [2.45, 2.75) is 19.4 Å². The molecule has 0 aliphatic rings. The van der Waals surface area contributed by atoms with Crippen LogP contribution in [0.2, 0.25) is 0 Å². The number of carbonyl (C=O) groups excluding carboxylic acids is 1. The lowest BCUT2D eigenvalue weighted by atomic mass is 10.2. The van der Waals surface area contributed by atoms with E-state index in [1.54, 1.807) is 0 Å². The minimum atomic E-state index is -0.358. The quantitative estimate of drug-likeness (QED) is 0.544. The summed E-state index contributed by atoms with van der Waals surface area (Å²) in [4.78, 5) is 11.7. The van der Waals surface area contributed by atoms with E-state index in [1.165, 1.54) is 18.2 Å². The molecule has 106 valence electrons. The summed E-state index contributed by atoms with van der Waals surface area (Å²) in [5, 5.41) is 30.1.